The Bertz CT molecular complexity index is 827. The van der Waals surface area contributed by atoms with Gasteiger partial charge in [-0.2, -0.15) is 5.10 Å². The fourth-order valence-electron chi connectivity index (χ4n) is 2.20. The first-order chi connectivity index (χ1) is 12.4. The highest BCUT2D eigenvalue weighted by Gasteiger charge is 2.26. The number of anilines is 1. The van der Waals surface area contributed by atoms with Crippen LogP contribution >= 0.6 is 11.3 Å². The van der Waals surface area contributed by atoms with E-state index in [-0.39, 0.29) is 34.5 Å². The third-order valence-corrected chi connectivity index (χ3v) is 4.60. The van der Waals surface area contributed by atoms with Crippen molar-refractivity contribution in [2.45, 2.75) is 27.0 Å². The lowest BCUT2D eigenvalue weighted by atomic mass is 10.1. The van der Waals surface area contributed by atoms with E-state index in [9.17, 15) is 14.4 Å². The van der Waals surface area contributed by atoms with Crippen LogP contribution in [0.5, 0.6) is 0 Å². The van der Waals surface area contributed by atoms with Gasteiger partial charge in [-0.3, -0.25) is 9.59 Å². The number of nitrogens with two attached hydrogens (primary N) is 1. The Balaban J connectivity index is 2.31. The molecule has 10 heteroatoms. The minimum atomic E-state index is -0.679. The number of esters is 1. The molecule has 2 aromatic heterocycles. The molecule has 2 amide bonds. The molecule has 2 rings (SSSR count). The summed E-state index contributed by atoms with van der Waals surface area (Å²) in [5.74, 6) is -1.82. The van der Waals surface area contributed by atoms with Gasteiger partial charge in [0.15, 0.2) is 5.69 Å². The van der Waals surface area contributed by atoms with Gasteiger partial charge in [-0.05, 0) is 25.0 Å². The molecular formula is C16H20N4O5S. The Kier molecular flexibility index (Phi) is 6.47. The first kappa shape index (κ1) is 19.6. The number of primary amides is 1. The lowest BCUT2D eigenvalue weighted by Crippen LogP contribution is -2.16. The second-order valence-corrected chi connectivity index (χ2v) is 6.39. The smallest absolute Gasteiger partial charge is 0.341 e. The molecule has 9 nitrogen and oxygen atoms in total. The second kappa shape index (κ2) is 8.59. The van der Waals surface area contributed by atoms with E-state index in [0.717, 1.165) is 11.3 Å². The molecule has 0 bridgehead atoms. The summed E-state index contributed by atoms with van der Waals surface area (Å²) in [6.07, 6.45) is 2.24. The Morgan fingerprint density at radius 3 is 2.73 bits per heavy atom. The van der Waals surface area contributed by atoms with Crippen LogP contribution < -0.4 is 11.1 Å². The highest BCUT2D eigenvalue weighted by Crippen LogP contribution is 2.33. The molecule has 140 valence electrons. The number of thiophene rings is 1. The van der Waals surface area contributed by atoms with Gasteiger partial charge >= 0.3 is 5.97 Å². The molecule has 2 heterocycles. The molecule has 0 aromatic carbocycles. The normalized spacial score (nSPS) is 10.6. The summed E-state index contributed by atoms with van der Waals surface area (Å²) < 4.78 is 11.5. The molecule has 0 aliphatic rings. The van der Waals surface area contributed by atoms with E-state index in [4.69, 9.17) is 15.2 Å². The monoisotopic (exact) mass is 380 g/mol. The maximum atomic E-state index is 12.4. The predicted molar refractivity (Wildman–Crippen MR) is 95.3 cm³/mol. The number of carbonyl (C=O) groups excluding carboxylic acids is 3. The van der Waals surface area contributed by atoms with Gasteiger partial charge in [0.25, 0.3) is 11.8 Å². The average molecular weight is 380 g/mol. The van der Waals surface area contributed by atoms with Gasteiger partial charge in [0.1, 0.15) is 11.7 Å². The topological polar surface area (TPSA) is 126 Å². The number of nitrogens with zero attached hydrogens (tertiary/aromatic N) is 2. The van der Waals surface area contributed by atoms with Crippen LogP contribution in [0.25, 0.3) is 0 Å². The largest absolute Gasteiger partial charge is 0.462 e. The number of aromatic nitrogens is 2. The van der Waals surface area contributed by atoms with Crippen LogP contribution in [-0.2, 0) is 16.2 Å². The summed E-state index contributed by atoms with van der Waals surface area (Å²) >= 11 is 0.929. The van der Waals surface area contributed by atoms with E-state index in [2.05, 4.69) is 10.4 Å². The standard InChI is InChI=1S/C16H20N4O5S/c1-4-7-25-16(23)11-9(2)12(13(17)21)26-15(11)18-14(22)10-5-6-20(19-10)8-24-3/h5-6H,4,7-8H2,1-3H3,(H2,17,21)(H,18,22). The summed E-state index contributed by atoms with van der Waals surface area (Å²) in [6.45, 7) is 3.88. The average Bonchev–Trinajstić information content (AvgIpc) is 3.18. The van der Waals surface area contributed by atoms with Crippen molar-refractivity contribution in [3.05, 3.63) is 34.0 Å². The number of hydrogen-bond donors (Lipinski definition) is 2. The Morgan fingerprint density at radius 1 is 1.38 bits per heavy atom. The summed E-state index contributed by atoms with van der Waals surface area (Å²) in [4.78, 5) is 36.5. The van der Waals surface area contributed by atoms with Crippen molar-refractivity contribution in [2.24, 2.45) is 5.73 Å². The number of amides is 2. The molecule has 0 spiro atoms. The fourth-order valence-corrected chi connectivity index (χ4v) is 3.25. The molecule has 3 N–H and O–H groups in total. The van der Waals surface area contributed by atoms with Crippen LogP contribution in [0.3, 0.4) is 0 Å². The zero-order valence-electron chi connectivity index (χ0n) is 14.7. The Labute approximate surface area is 154 Å². The number of carbonyl (C=O) groups is 3. The quantitative estimate of drug-likeness (QED) is 0.672. The minimum Gasteiger partial charge on any atom is -0.462 e. The first-order valence-corrected chi connectivity index (χ1v) is 8.64. The highest BCUT2D eigenvalue weighted by molar-refractivity contribution is 7.18. The molecule has 0 radical (unpaired) electrons. The van der Waals surface area contributed by atoms with Crippen LogP contribution in [0.15, 0.2) is 12.3 Å². The number of hydrogen-bond acceptors (Lipinski definition) is 7. The van der Waals surface area contributed by atoms with Crippen molar-refractivity contribution in [1.29, 1.82) is 0 Å². The van der Waals surface area contributed by atoms with Crippen molar-refractivity contribution in [1.82, 2.24) is 9.78 Å². The van der Waals surface area contributed by atoms with E-state index in [0.29, 0.717) is 12.0 Å². The SMILES string of the molecule is CCCOC(=O)c1c(NC(=O)c2ccn(COC)n2)sc(C(N)=O)c1C. The number of ether oxygens (including phenoxy) is 2. The van der Waals surface area contributed by atoms with Gasteiger partial charge in [-0.15, -0.1) is 11.3 Å². The highest BCUT2D eigenvalue weighted by atomic mass is 32.1. The summed E-state index contributed by atoms with van der Waals surface area (Å²) in [5.41, 5.74) is 6.00. The van der Waals surface area contributed by atoms with E-state index < -0.39 is 17.8 Å². The van der Waals surface area contributed by atoms with Crippen LogP contribution in [0.4, 0.5) is 5.00 Å². The van der Waals surface area contributed by atoms with Crippen molar-refractivity contribution < 1.29 is 23.9 Å². The van der Waals surface area contributed by atoms with Crippen molar-refractivity contribution in [3.8, 4) is 0 Å². The number of rotatable bonds is 8. The van der Waals surface area contributed by atoms with Crippen LogP contribution in [0.2, 0.25) is 0 Å². The summed E-state index contributed by atoms with van der Waals surface area (Å²) in [6, 6.07) is 1.51. The van der Waals surface area contributed by atoms with Gasteiger partial charge in [-0.1, -0.05) is 6.92 Å². The molecule has 26 heavy (non-hydrogen) atoms. The van der Waals surface area contributed by atoms with Crippen LogP contribution in [0, 0.1) is 6.92 Å². The zero-order valence-corrected chi connectivity index (χ0v) is 15.5. The predicted octanol–water partition coefficient (Wildman–Crippen LogP) is 1.77. The molecular weight excluding hydrogens is 360 g/mol. The maximum absolute atomic E-state index is 12.4. The van der Waals surface area contributed by atoms with Crippen molar-refractivity contribution in [2.75, 3.05) is 19.0 Å². The molecule has 0 atom stereocenters. The lowest BCUT2D eigenvalue weighted by molar-refractivity contribution is 0.0506. The van der Waals surface area contributed by atoms with Crippen molar-refractivity contribution in [3.63, 3.8) is 0 Å². The van der Waals surface area contributed by atoms with Gasteiger partial charge < -0.3 is 20.5 Å². The van der Waals surface area contributed by atoms with Gasteiger partial charge in [0.05, 0.1) is 17.0 Å². The fraction of sp³-hybridized carbons (Fsp3) is 0.375. The zero-order chi connectivity index (χ0) is 19.3. The Hall–Kier alpha value is -2.72. The first-order valence-electron chi connectivity index (χ1n) is 7.83. The van der Waals surface area contributed by atoms with E-state index in [1.165, 1.54) is 17.9 Å². The van der Waals surface area contributed by atoms with E-state index >= 15 is 0 Å². The minimum absolute atomic E-state index is 0.127. The van der Waals surface area contributed by atoms with E-state index in [1.54, 1.807) is 13.1 Å². The number of methoxy groups -OCH3 is 1. The van der Waals surface area contributed by atoms with Crippen LogP contribution in [0.1, 0.15) is 49.4 Å². The second-order valence-electron chi connectivity index (χ2n) is 5.37. The molecule has 0 saturated carbocycles. The summed E-state index contributed by atoms with van der Waals surface area (Å²) in [7, 11) is 1.51. The maximum Gasteiger partial charge on any atom is 0.341 e. The molecule has 0 unspecified atom stereocenters. The van der Waals surface area contributed by atoms with Gasteiger partial charge in [0, 0.05) is 13.3 Å². The lowest BCUT2D eigenvalue weighted by Gasteiger charge is -2.07. The molecule has 0 aliphatic carbocycles. The van der Waals surface area contributed by atoms with Crippen molar-refractivity contribution >= 4 is 34.1 Å². The molecule has 0 aliphatic heterocycles. The van der Waals surface area contributed by atoms with Gasteiger partial charge in [-0.25, -0.2) is 9.48 Å². The molecule has 0 fully saturated rings. The number of nitrogens with one attached hydrogen (secondary N) is 1. The third-order valence-electron chi connectivity index (χ3n) is 3.37. The van der Waals surface area contributed by atoms with Gasteiger partial charge in [0.2, 0.25) is 0 Å². The Morgan fingerprint density at radius 2 is 2.12 bits per heavy atom. The summed E-state index contributed by atoms with van der Waals surface area (Å²) in [5, 5.41) is 6.87. The third kappa shape index (κ3) is 4.27. The molecule has 2 aromatic rings. The molecule has 0 saturated heterocycles. The van der Waals surface area contributed by atoms with E-state index in [1.807, 2.05) is 6.92 Å². The van der Waals surface area contributed by atoms with Crippen LogP contribution in [-0.4, -0.2) is 41.3 Å².